The van der Waals surface area contributed by atoms with Crippen LogP contribution in [0, 0.1) is 5.82 Å². The van der Waals surface area contributed by atoms with E-state index in [1.807, 2.05) is 16.0 Å². The molecule has 0 radical (unpaired) electrons. The summed E-state index contributed by atoms with van der Waals surface area (Å²) in [5.74, 6) is 0.0742. The van der Waals surface area contributed by atoms with E-state index in [4.69, 9.17) is 4.98 Å². The molecular weight excluding hydrogens is 503 g/mol. The van der Waals surface area contributed by atoms with Gasteiger partial charge in [-0.2, -0.15) is 0 Å². The van der Waals surface area contributed by atoms with Crippen molar-refractivity contribution in [1.29, 1.82) is 0 Å². The lowest BCUT2D eigenvalue weighted by Crippen LogP contribution is -2.26. The lowest BCUT2D eigenvalue weighted by molar-refractivity contribution is 0.474. The van der Waals surface area contributed by atoms with Crippen LogP contribution in [0.1, 0.15) is 6.42 Å². The first-order chi connectivity index (χ1) is 17.4. The number of rotatable bonds is 9. The number of aromatic nitrogens is 4. The Morgan fingerprint density at radius 2 is 1.78 bits per heavy atom. The predicted molar refractivity (Wildman–Crippen MR) is 136 cm³/mol. The van der Waals surface area contributed by atoms with Gasteiger partial charge in [0.2, 0.25) is 16.0 Å². The summed E-state index contributed by atoms with van der Waals surface area (Å²) in [5.41, 5.74) is 2.88. The second-order valence-electron chi connectivity index (χ2n) is 7.81. The number of fused-ring (bicyclic) bond motifs is 1. The van der Waals surface area contributed by atoms with Gasteiger partial charge in [-0.25, -0.2) is 32.5 Å². The maximum Gasteiger partial charge on any atom is 0.240 e. The number of nitrogens with one attached hydrogen (secondary N) is 2. The minimum atomic E-state index is -3.66. The van der Waals surface area contributed by atoms with E-state index in [0.29, 0.717) is 30.3 Å². The van der Waals surface area contributed by atoms with Gasteiger partial charge in [0, 0.05) is 36.4 Å². The number of nitrogens with zero attached hydrogens (tertiary/aromatic N) is 4. The summed E-state index contributed by atoms with van der Waals surface area (Å²) in [6.45, 7) is 0.648. The molecule has 0 atom stereocenters. The molecule has 0 saturated heterocycles. The molecule has 0 aliphatic heterocycles. The average Bonchev–Trinajstić information content (AvgIpc) is 3.46. The van der Waals surface area contributed by atoms with Crippen molar-refractivity contribution in [1.82, 2.24) is 24.1 Å². The van der Waals surface area contributed by atoms with Crippen molar-refractivity contribution in [2.45, 2.75) is 11.3 Å². The summed E-state index contributed by atoms with van der Waals surface area (Å²) in [6, 6.07) is 13.3. The molecule has 0 saturated carbocycles. The Kier molecular flexibility index (Phi) is 6.63. The minimum Gasteiger partial charge on any atom is -0.508 e. The lowest BCUT2D eigenvalue weighted by atomic mass is 10.1. The van der Waals surface area contributed by atoms with E-state index in [-0.39, 0.29) is 23.0 Å². The largest absolute Gasteiger partial charge is 0.508 e. The van der Waals surface area contributed by atoms with Crippen LogP contribution >= 0.6 is 11.3 Å². The predicted octanol–water partition coefficient (Wildman–Crippen LogP) is 4.15. The number of imidazole rings is 1. The van der Waals surface area contributed by atoms with Gasteiger partial charge in [-0.3, -0.25) is 4.40 Å². The molecule has 0 aliphatic carbocycles. The fourth-order valence-electron chi connectivity index (χ4n) is 3.62. The molecular formula is C24H21FN6O3S2. The minimum absolute atomic E-state index is 0.000767. The molecule has 0 spiro atoms. The molecule has 3 aromatic heterocycles. The Labute approximate surface area is 210 Å². The molecule has 3 N–H and O–H groups in total. The van der Waals surface area contributed by atoms with Crippen LogP contribution in [-0.2, 0) is 10.0 Å². The second kappa shape index (κ2) is 10.0. The van der Waals surface area contributed by atoms with Crippen LogP contribution in [0.5, 0.6) is 5.75 Å². The third-order valence-corrected chi connectivity index (χ3v) is 7.59. The third-order valence-electron chi connectivity index (χ3n) is 5.35. The van der Waals surface area contributed by atoms with Crippen LogP contribution in [-0.4, -0.2) is 46.0 Å². The highest BCUT2D eigenvalue weighted by molar-refractivity contribution is 7.89. The van der Waals surface area contributed by atoms with Gasteiger partial charge in [0.05, 0.1) is 16.3 Å². The molecule has 0 amide bonds. The van der Waals surface area contributed by atoms with Crippen molar-refractivity contribution >= 4 is 32.3 Å². The number of phenolic OH excluding ortho intramolecular Hbond substituents is 1. The van der Waals surface area contributed by atoms with E-state index in [1.165, 1.54) is 47.7 Å². The molecule has 3 heterocycles. The number of benzene rings is 2. The molecule has 36 heavy (non-hydrogen) atoms. The van der Waals surface area contributed by atoms with Crippen LogP contribution in [0.3, 0.4) is 0 Å². The fourth-order valence-corrected chi connectivity index (χ4v) is 5.41. The van der Waals surface area contributed by atoms with Gasteiger partial charge in [-0.15, -0.1) is 11.3 Å². The quantitative estimate of drug-likeness (QED) is 0.248. The molecule has 0 unspecified atom stereocenters. The van der Waals surface area contributed by atoms with Gasteiger partial charge in [-0.1, -0.05) is 0 Å². The summed E-state index contributed by atoms with van der Waals surface area (Å²) in [6.07, 6.45) is 4.04. The van der Waals surface area contributed by atoms with Gasteiger partial charge in [-0.05, 0) is 61.0 Å². The first-order valence-corrected chi connectivity index (χ1v) is 13.3. The summed E-state index contributed by atoms with van der Waals surface area (Å²) in [5, 5.41) is 14.4. The molecule has 12 heteroatoms. The fraction of sp³-hybridized carbons (Fsp3) is 0.125. The van der Waals surface area contributed by atoms with E-state index in [2.05, 4.69) is 20.0 Å². The molecule has 0 aliphatic rings. The zero-order valence-electron chi connectivity index (χ0n) is 18.8. The van der Waals surface area contributed by atoms with Crippen molar-refractivity contribution in [2.24, 2.45) is 0 Å². The standard InChI is InChI=1S/C24H21FN6O3S2/c25-17-4-2-16(3-5-17)21-22(31-14-15-35-24(31)30-21)20-10-13-27-23(29-20)26-11-1-12-28-36(33,34)19-8-6-18(32)7-9-19/h2-10,13-15,28,32H,1,11-12H2,(H,26,27,29). The summed E-state index contributed by atoms with van der Waals surface area (Å²) < 4.78 is 42.6. The van der Waals surface area contributed by atoms with E-state index in [1.54, 1.807) is 24.4 Å². The van der Waals surface area contributed by atoms with E-state index in [9.17, 15) is 17.9 Å². The van der Waals surface area contributed by atoms with Crippen LogP contribution < -0.4 is 10.0 Å². The zero-order valence-corrected chi connectivity index (χ0v) is 20.4. The van der Waals surface area contributed by atoms with Gasteiger partial charge >= 0.3 is 0 Å². The van der Waals surface area contributed by atoms with Crippen molar-refractivity contribution in [2.75, 3.05) is 18.4 Å². The first kappa shape index (κ1) is 23.9. The Hall–Kier alpha value is -3.87. The van der Waals surface area contributed by atoms with Crippen LogP contribution in [0.25, 0.3) is 27.6 Å². The SMILES string of the molecule is O=S(=O)(NCCCNc1nccc(-c2c(-c3ccc(F)cc3)nc3sccn23)n1)c1ccc(O)cc1. The number of hydrogen-bond acceptors (Lipinski definition) is 8. The second-order valence-corrected chi connectivity index (χ2v) is 10.4. The number of phenols is 1. The van der Waals surface area contributed by atoms with E-state index >= 15 is 0 Å². The summed E-state index contributed by atoms with van der Waals surface area (Å²) >= 11 is 1.49. The molecule has 9 nitrogen and oxygen atoms in total. The molecule has 5 aromatic rings. The van der Waals surface area contributed by atoms with Gasteiger partial charge < -0.3 is 10.4 Å². The highest BCUT2D eigenvalue weighted by Gasteiger charge is 2.18. The lowest BCUT2D eigenvalue weighted by Gasteiger charge is -2.09. The monoisotopic (exact) mass is 524 g/mol. The van der Waals surface area contributed by atoms with Crippen LogP contribution in [0.4, 0.5) is 10.3 Å². The van der Waals surface area contributed by atoms with Crippen molar-refractivity contribution in [3.05, 3.63) is 78.2 Å². The highest BCUT2D eigenvalue weighted by Crippen LogP contribution is 2.33. The first-order valence-electron chi connectivity index (χ1n) is 11.0. The topological polar surface area (TPSA) is 122 Å². The number of halogens is 1. The van der Waals surface area contributed by atoms with Crippen molar-refractivity contribution in [3.8, 4) is 28.4 Å². The number of anilines is 1. The van der Waals surface area contributed by atoms with Gasteiger partial charge in [0.25, 0.3) is 0 Å². The van der Waals surface area contributed by atoms with E-state index < -0.39 is 10.0 Å². The average molecular weight is 525 g/mol. The van der Waals surface area contributed by atoms with E-state index in [0.717, 1.165) is 16.2 Å². The van der Waals surface area contributed by atoms with Gasteiger partial charge in [0.15, 0.2) is 4.96 Å². The normalized spacial score (nSPS) is 11.7. The highest BCUT2D eigenvalue weighted by atomic mass is 32.2. The Morgan fingerprint density at radius 3 is 2.56 bits per heavy atom. The summed E-state index contributed by atoms with van der Waals surface area (Å²) in [4.78, 5) is 14.5. The van der Waals surface area contributed by atoms with Gasteiger partial charge in [0.1, 0.15) is 17.3 Å². The van der Waals surface area contributed by atoms with Crippen LogP contribution in [0.15, 0.2) is 77.3 Å². The number of thiazole rings is 1. The maximum absolute atomic E-state index is 13.5. The zero-order chi connectivity index (χ0) is 25.1. The number of aromatic hydroxyl groups is 1. The molecule has 2 aromatic carbocycles. The number of sulfonamides is 1. The smallest absolute Gasteiger partial charge is 0.240 e. The summed E-state index contributed by atoms with van der Waals surface area (Å²) in [7, 11) is -3.66. The Bertz CT molecular complexity index is 1600. The molecule has 184 valence electrons. The molecule has 0 bridgehead atoms. The number of hydrogen-bond donors (Lipinski definition) is 3. The molecule has 5 rings (SSSR count). The molecule has 0 fully saturated rings. The Morgan fingerprint density at radius 1 is 1.00 bits per heavy atom. The van der Waals surface area contributed by atoms with Crippen molar-refractivity contribution in [3.63, 3.8) is 0 Å². The van der Waals surface area contributed by atoms with Crippen LogP contribution in [0.2, 0.25) is 0 Å². The third kappa shape index (κ3) is 5.05. The Balaban J connectivity index is 1.27. The maximum atomic E-state index is 13.5. The van der Waals surface area contributed by atoms with Crippen molar-refractivity contribution < 1.29 is 17.9 Å².